The van der Waals surface area contributed by atoms with E-state index < -0.39 is 0 Å². The summed E-state index contributed by atoms with van der Waals surface area (Å²) in [6.45, 7) is 0. The second-order valence-corrected chi connectivity index (χ2v) is 4.10. The van der Waals surface area contributed by atoms with Crippen molar-refractivity contribution < 1.29 is 9.90 Å². The van der Waals surface area contributed by atoms with Gasteiger partial charge in [0.25, 0.3) is 0 Å². The lowest BCUT2D eigenvalue weighted by atomic mass is 10.1. The summed E-state index contributed by atoms with van der Waals surface area (Å²) in [7, 11) is 0. The lowest BCUT2D eigenvalue weighted by Crippen LogP contribution is -1.94. The summed E-state index contributed by atoms with van der Waals surface area (Å²) in [6.07, 6.45) is 0. The van der Waals surface area contributed by atoms with Gasteiger partial charge in [-0.1, -0.05) is 35.9 Å². The van der Waals surface area contributed by atoms with Crippen LogP contribution in [0, 0.1) is 0 Å². The van der Waals surface area contributed by atoms with Gasteiger partial charge in [-0.25, -0.2) is 0 Å². The summed E-state index contributed by atoms with van der Waals surface area (Å²) < 4.78 is 0. The molecule has 0 atom stereocenters. The van der Waals surface area contributed by atoms with Crippen LogP contribution in [0.3, 0.4) is 0 Å². The van der Waals surface area contributed by atoms with E-state index >= 15 is 0 Å². The molecule has 0 aromatic heterocycles. The first-order chi connectivity index (χ1) is 7.70. The van der Waals surface area contributed by atoms with E-state index in [0.717, 1.165) is 0 Å². The van der Waals surface area contributed by atoms with Crippen molar-refractivity contribution in [1.29, 1.82) is 0 Å². The third-order valence-corrected chi connectivity index (χ3v) is 3.11. The number of halogens is 1. The highest BCUT2D eigenvalue weighted by atomic mass is 35.5. The van der Waals surface area contributed by atoms with Crippen molar-refractivity contribution >= 4 is 17.4 Å². The van der Waals surface area contributed by atoms with Crippen LogP contribution in [0.4, 0.5) is 0 Å². The first-order valence-electron chi connectivity index (χ1n) is 4.85. The Labute approximate surface area is 97.1 Å². The van der Waals surface area contributed by atoms with Gasteiger partial charge in [0.1, 0.15) is 5.75 Å². The van der Waals surface area contributed by atoms with Crippen LogP contribution in [0.25, 0.3) is 11.1 Å². The van der Waals surface area contributed by atoms with Gasteiger partial charge in [-0.3, -0.25) is 4.79 Å². The van der Waals surface area contributed by atoms with Gasteiger partial charge in [0.2, 0.25) is 0 Å². The van der Waals surface area contributed by atoms with E-state index in [2.05, 4.69) is 0 Å². The normalized spacial score (nSPS) is 12.4. The second kappa shape index (κ2) is 3.09. The second-order valence-electron chi connectivity index (χ2n) is 3.69. The van der Waals surface area contributed by atoms with Gasteiger partial charge in [-0.2, -0.15) is 0 Å². The molecule has 0 saturated carbocycles. The fraction of sp³-hybridized carbons (Fsp3) is 0. The number of carbonyl (C=O) groups is 1. The molecule has 1 aliphatic rings. The number of hydrogen-bond acceptors (Lipinski definition) is 2. The van der Waals surface area contributed by atoms with Crippen molar-refractivity contribution in [3.8, 4) is 16.9 Å². The van der Waals surface area contributed by atoms with Crippen LogP contribution < -0.4 is 0 Å². The highest BCUT2D eigenvalue weighted by molar-refractivity contribution is 6.37. The van der Waals surface area contributed by atoms with Crippen LogP contribution in [0.1, 0.15) is 15.9 Å². The Bertz CT molecular complexity index is 564. The quantitative estimate of drug-likeness (QED) is 0.644. The average molecular weight is 231 g/mol. The van der Waals surface area contributed by atoms with Crippen LogP contribution in [-0.2, 0) is 0 Å². The molecule has 16 heavy (non-hydrogen) atoms. The fourth-order valence-corrected chi connectivity index (χ4v) is 2.37. The molecule has 0 bridgehead atoms. The van der Waals surface area contributed by atoms with E-state index in [4.69, 9.17) is 11.6 Å². The number of fused-ring (bicyclic) bond motifs is 3. The molecule has 1 N–H and O–H groups in total. The standard InChI is InChI=1S/C13H7ClO2/c14-9-5-1-3-7-11(9)12-8(13(7)16)4-2-6-10(12)15/h1-6,15H. The maximum Gasteiger partial charge on any atom is 0.194 e. The summed E-state index contributed by atoms with van der Waals surface area (Å²) in [5.74, 6) is 0.0149. The van der Waals surface area contributed by atoms with Crippen molar-refractivity contribution in [3.63, 3.8) is 0 Å². The Morgan fingerprint density at radius 3 is 2.31 bits per heavy atom. The minimum absolute atomic E-state index is 0.0802. The number of hydrogen-bond donors (Lipinski definition) is 1. The molecule has 2 aromatic carbocycles. The smallest absolute Gasteiger partial charge is 0.194 e. The fourth-order valence-electron chi connectivity index (χ4n) is 2.10. The number of phenolic OH excluding ortho intramolecular Hbond substituents is 1. The molecule has 2 nitrogen and oxygen atoms in total. The van der Waals surface area contributed by atoms with Gasteiger partial charge in [-0.15, -0.1) is 0 Å². The van der Waals surface area contributed by atoms with Crippen molar-refractivity contribution in [3.05, 3.63) is 52.5 Å². The minimum Gasteiger partial charge on any atom is -0.507 e. The van der Waals surface area contributed by atoms with Crippen LogP contribution >= 0.6 is 11.6 Å². The van der Waals surface area contributed by atoms with E-state index in [1.807, 2.05) is 0 Å². The SMILES string of the molecule is O=C1c2cccc(O)c2-c2c(Cl)cccc21. The molecule has 3 heteroatoms. The molecule has 3 rings (SSSR count). The Morgan fingerprint density at radius 1 is 0.938 bits per heavy atom. The third kappa shape index (κ3) is 1.05. The molecule has 0 unspecified atom stereocenters. The summed E-state index contributed by atoms with van der Waals surface area (Å²) in [4.78, 5) is 12.0. The molecule has 1 aliphatic carbocycles. The number of phenols is 1. The monoisotopic (exact) mass is 230 g/mol. The van der Waals surface area contributed by atoms with Gasteiger partial charge < -0.3 is 5.11 Å². The summed E-state index contributed by atoms with van der Waals surface area (Å²) in [5, 5.41) is 10.3. The topological polar surface area (TPSA) is 37.3 Å². The number of benzene rings is 2. The number of aromatic hydroxyl groups is 1. The van der Waals surface area contributed by atoms with E-state index in [9.17, 15) is 9.90 Å². The summed E-state index contributed by atoms with van der Waals surface area (Å²) >= 11 is 6.07. The third-order valence-electron chi connectivity index (χ3n) is 2.80. The largest absolute Gasteiger partial charge is 0.507 e. The Kier molecular flexibility index (Phi) is 1.82. The predicted octanol–water partition coefficient (Wildman–Crippen LogP) is 3.26. The lowest BCUT2D eigenvalue weighted by molar-refractivity contribution is 0.104. The molecule has 0 heterocycles. The lowest BCUT2D eigenvalue weighted by Gasteiger charge is -2.04. The van der Waals surface area contributed by atoms with Crippen molar-refractivity contribution in [2.45, 2.75) is 0 Å². The van der Waals surface area contributed by atoms with Crippen LogP contribution in [0.2, 0.25) is 5.02 Å². The van der Waals surface area contributed by atoms with Gasteiger partial charge in [0.05, 0.1) is 0 Å². The molecular weight excluding hydrogens is 224 g/mol. The zero-order valence-electron chi connectivity index (χ0n) is 8.20. The van der Waals surface area contributed by atoms with Gasteiger partial charge in [-0.05, 0) is 12.1 Å². The highest BCUT2D eigenvalue weighted by Crippen LogP contribution is 2.45. The average Bonchev–Trinajstić information content (AvgIpc) is 2.56. The number of ketones is 1. The zero-order chi connectivity index (χ0) is 11.3. The molecule has 2 aromatic rings. The van der Waals surface area contributed by atoms with E-state index in [1.54, 1.807) is 36.4 Å². The van der Waals surface area contributed by atoms with E-state index in [-0.39, 0.29) is 11.5 Å². The Morgan fingerprint density at radius 2 is 1.56 bits per heavy atom. The zero-order valence-corrected chi connectivity index (χ0v) is 8.95. The highest BCUT2D eigenvalue weighted by Gasteiger charge is 2.30. The summed E-state index contributed by atoms with van der Waals surface area (Å²) in [6, 6.07) is 10.1. The Hall–Kier alpha value is -1.80. The predicted molar refractivity (Wildman–Crippen MR) is 62.0 cm³/mol. The molecule has 78 valence electrons. The van der Waals surface area contributed by atoms with Crippen LogP contribution in [0.5, 0.6) is 5.75 Å². The molecule has 0 saturated heterocycles. The van der Waals surface area contributed by atoms with E-state index in [0.29, 0.717) is 27.3 Å². The van der Waals surface area contributed by atoms with Crippen LogP contribution in [0.15, 0.2) is 36.4 Å². The molecule has 0 amide bonds. The summed E-state index contributed by atoms with van der Waals surface area (Å²) in [5.41, 5.74) is 2.27. The minimum atomic E-state index is -0.0802. The Balaban J connectivity index is 2.48. The molecule has 0 radical (unpaired) electrons. The van der Waals surface area contributed by atoms with Crippen LogP contribution in [-0.4, -0.2) is 10.9 Å². The van der Waals surface area contributed by atoms with Crippen molar-refractivity contribution in [1.82, 2.24) is 0 Å². The van der Waals surface area contributed by atoms with E-state index in [1.165, 1.54) is 0 Å². The van der Waals surface area contributed by atoms with Gasteiger partial charge in [0.15, 0.2) is 5.78 Å². The van der Waals surface area contributed by atoms with Gasteiger partial charge in [0, 0.05) is 27.3 Å². The maximum absolute atomic E-state index is 12.0. The molecule has 0 fully saturated rings. The number of carbonyl (C=O) groups excluding carboxylic acids is 1. The maximum atomic E-state index is 12.0. The molecule has 0 spiro atoms. The van der Waals surface area contributed by atoms with Crippen molar-refractivity contribution in [2.24, 2.45) is 0 Å². The van der Waals surface area contributed by atoms with Crippen molar-refractivity contribution in [2.75, 3.05) is 0 Å². The van der Waals surface area contributed by atoms with Gasteiger partial charge >= 0.3 is 0 Å². The molecule has 0 aliphatic heterocycles. The number of rotatable bonds is 0. The molecular formula is C13H7ClO2. The first-order valence-corrected chi connectivity index (χ1v) is 5.23. The first kappa shape index (κ1) is 9.43.